The first-order valence-corrected chi connectivity index (χ1v) is 15.2. The van der Waals surface area contributed by atoms with Crippen molar-refractivity contribution < 1.29 is 4.42 Å². The largest absolute Gasteiger partial charge is 0.456 e. The van der Waals surface area contributed by atoms with Crippen molar-refractivity contribution in [1.82, 2.24) is 10.3 Å². The molecule has 0 radical (unpaired) electrons. The lowest BCUT2D eigenvalue weighted by atomic mass is 9.83. The van der Waals surface area contributed by atoms with E-state index in [-0.39, 0.29) is 18.0 Å². The summed E-state index contributed by atoms with van der Waals surface area (Å²) in [6, 6.07) is 10.9. The number of aryl methyl sites for hydroxylation is 1. The zero-order valence-electron chi connectivity index (χ0n) is 23.6. The molecule has 0 saturated carbocycles. The Hall–Kier alpha value is -4.64. The van der Waals surface area contributed by atoms with Crippen LogP contribution in [0.1, 0.15) is 54.7 Å². The molecule has 42 heavy (non-hydrogen) atoms. The van der Waals surface area contributed by atoms with Crippen LogP contribution in [0.4, 0.5) is 0 Å². The van der Waals surface area contributed by atoms with Gasteiger partial charge < -0.3 is 14.7 Å². The highest BCUT2D eigenvalue weighted by molar-refractivity contribution is 6.14. The summed E-state index contributed by atoms with van der Waals surface area (Å²) in [5.74, 6) is 3.37. The number of amidine groups is 2. The first-order chi connectivity index (χ1) is 20.8. The first-order valence-electron chi connectivity index (χ1n) is 15.2. The van der Waals surface area contributed by atoms with Crippen molar-refractivity contribution in [1.29, 1.82) is 0 Å². The molecule has 0 bridgehead atoms. The molecule has 0 fully saturated rings. The Balaban J connectivity index is 1.20. The second-order valence-electron chi connectivity index (χ2n) is 11.6. The molecule has 5 heteroatoms. The number of hydrogen-bond donors (Lipinski definition) is 2. The number of aromatic amines is 1. The Morgan fingerprint density at radius 3 is 2.74 bits per heavy atom. The van der Waals surface area contributed by atoms with Gasteiger partial charge in [-0.3, -0.25) is 0 Å². The third kappa shape index (κ3) is 4.59. The number of aromatic nitrogens is 1. The van der Waals surface area contributed by atoms with Gasteiger partial charge in [0.15, 0.2) is 6.17 Å². The van der Waals surface area contributed by atoms with Gasteiger partial charge in [0.25, 0.3) is 0 Å². The minimum Gasteiger partial charge on any atom is -0.456 e. The lowest BCUT2D eigenvalue weighted by Gasteiger charge is -2.31. The topological polar surface area (TPSA) is 65.7 Å². The Morgan fingerprint density at radius 2 is 1.88 bits per heavy atom. The predicted molar refractivity (Wildman–Crippen MR) is 173 cm³/mol. The van der Waals surface area contributed by atoms with Gasteiger partial charge in [0.05, 0.1) is 0 Å². The number of benzene rings is 1. The van der Waals surface area contributed by atoms with Crippen molar-refractivity contribution in [3.05, 3.63) is 125 Å². The van der Waals surface area contributed by atoms with Gasteiger partial charge in [0.1, 0.15) is 23.0 Å². The summed E-state index contributed by atoms with van der Waals surface area (Å²) in [6.45, 7) is 0. The quantitative estimate of drug-likeness (QED) is 0.335. The Bertz CT molecular complexity index is 1820. The number of H-pyrrole nitrogens is 1. The van der Waals surface area contributed by atoms with Gasteiger partial charge in [-0.25, -0.2) is 9.98 Å². The zero-order chi connectivity index (χ0) is 27.9. The van der Waals surface area contributed by atoms with Gasteiger partial charge in [-0.15, -0.1) is 0 Å². The van der Waals surface area contributed by atoms with Crippen LogP contribution in [0.5, 0.6) is 0 Å². The van der Waals surface area contributed by atoms with Crippen LogP contribution < -0.4 is 5.32 Å². The summed E-state index contributed by atoms with van der Waals surface area (Å²) >= 11 is 0. The van der Waals surface area contributed by atoms with Gasteiger partial charge in [-0.1, -0.05) is 66.8 Å². The normalized spacial score (nSPS) is 24.9. The molecule has 0 spiro atoms. The Kier molecular flexibility index (Phi) is 6.36. The van der Waals surface area contributed by atoms with Crippen LogP contribution in [0.25, 0.3) is 28.2 Å². The van der Waals surface area contributed by atoms with Gasteiger partial charge >= 0.3 is 0 Å². The maximum Gasteiger partial charge on any atom is 0.150 e. The number of hydrogen-bond acceptors (Lipinski definition) is 4. The lowest BCUT2D eigenvalue weighted by molar-refractivity contribution is 0.512. The second-order valence-corrected chi connectivity index (χ2v) is 11.6. The molecule has 5 nitrogen and oxygen atoms in total. The molecule has 3 atom stereocenters. The summed E-state index contributed by atoms with van der Waals surface area (Å²) in [5, 5.41) is 4.92. The maximum atomic E-state index is 6.20. The number of aliphatic imine (C=N–C) groups is 2. The molecule has 3 heterocycles. The van der Waals surface area contributed by atoms with E-state index in [1.54, 1.807) is 0 Å². The molecule has 3 unspecified atom stereocenters. The molecule has 0 amide bonds. The van der Waals surface area contributed by atoms with Gasteiger partial charge in [-0.05, 0) is 85.6 Å². The molecular formula is C37H34N4O. The van der Waals surface area contributed by atoms with Crippen molar-refractivity contribution >= 4 is 39.9 Å². The highest BCUT2D eigenvalue weighted by Crippen LogP contribution is 2.40. The van der Waals surface area contributed by atoms with Crippen molar-refractivity contribution in [2.45, 2.75) is 44.7 Å². The fourth-order valence-electron chi connectivity index (χ4n) is 6.71. The molecule has 2 aromatic heterocycles. The third-order valence-electron chi connectivity index (χ3n) is 8.93. The van der Waals surface area contributed by atoms with Crippen LogP contribution in [0.3, 0.4) is 0 Å². The van der Waals surface area contributed by atoms with Gasteiger partial charge in [0, 0.05) is 40.2 Å². The van der Waals surface area contributed by atoms with Crippen LogP contribution >= 0.6 is 0 Å². The molecule has 0 saturated heterocycles. The van der Waals surface area contributed by atoms with Gasteiger partial charge in [-0.2, -0.15) is 0 Å². The second kappa shape index (κ2) is 10.6. The van der Waals surface area contributed by atoms with Crippen molar-refractivity contribution in [3.63, 3.8) is 0 Å². The standard InChI is InChI=1S/C37H34N4O/c1-3-10-24(11-4-1)35-39-36(25-12-5-2-6-13-25)41-37(40-35)27-17-19-28(32-15-9-21-38-32)30(23-27)26-18-20-34-31(22-26)29-14-7-8-16-33(29)42-34/h1-5,8-10,12,15-16,18-24,27,35,38H,6-7,11,13-14,17H2,(H,39,40,41). The SMILES string of the molecule is C1=CCCC(C2=NC(C3C=CC=CC3)N=C(C3C=C(c4ccc5oc6c(c5c4)CCC=C6)C(c4ccc[nH]4)=CC3)N2)=C1. The highest BCUT2D eigenvalue weighted by atomic mass is 16.3. The van der Waals surface area contributed by atoms with Crippen LogP contribution in [-0.4, -0.2) is 22.8 Å². The van der Waals surface area contributed by atoms with E-state index < -0.39 is 0 Å². The smallest absolute Gasteiger partial charge is 0.150 e. The lowest BCUT2D eigenvalue weighted by Crippen LogP contribution is -2.42. The summed E-state index contributed by atoms with van der Waals surface area (Å²) in [4.78, 5) is 13.9. The summed E-state index contributed by atoms with van der Waals surface area (Å²) in [7, 11) is 0. The number of rotatable bonds is 5. The summed E-state index contributed by atoms with van der Waals surface area (Å²) < 4.78 is 6.20. The zero-order valence-corrected chi connectivity index (χ0v) is 23.6. The molecule has 1 aliphatic heterocycles. The molecule has 3 aromatic rings. The molecule has 2 N–H and O–H groups in total. The van der Waals surface area contributed by atoms with Crippen LogP contribution in [0.15, 0.2) is 117 Å². The fraction of sp³-hybridized carbons (Fsp3) is 0.243. The molecular weight excluding hydrogens is 516 g/mol. The van der Waals surface area contributed by atoms with Crippen molar-refractivity contribution in [3.8, 4) is 0 Å². The van der Waals surface area contributed by atoms with Gasteiger partial charge in [0.2, 0.25) is 0 Å². The number of furan rings is 1. The molecule has 4 aliphatic carbocycles. The third-order valence-corrected chi connectivity index (χ3v) is 8.93. The minimum atomic E-state index is -0.128. The van der Waals surface area contributed by atoms with Crippen LogP contribution in [0, 0.1) is 11.8 Å². The summed E-state index contributed by atoms with van der Waals surface area (Å²) in [6.07, 6.45) is 32.2. The predicted octanol–water partition coefficient (Wildman–Crippen LogP) is 8.34. The number of nitrogens with one attached hydrogen (secondary N) is 2. The minimum absolute atomic E-state index is 0.117. The number of allylic oxidation sites excluding steroid dienone is 10. The monoisotopic (exact) mass is 550 g/mol. The van der Waals surface area contributed by atoms with Crippen molar-refractivity contribution in [2.75, 3.05) is 0 Å². The van der Waals surface area contributed by atoms with Crippen LogP contribution in [0.2, 0.25) is 0 Å². The van der Waals surface area contributed by atoms with E-state index in [1.807, 2.05) is 6.20 Å². The molecule has 8 rings (SSSR count). The molecule has 1 aromatic carbocycles. The average molecular weight is 551 g/mol. The van der Waals surface area contributed by atoms with E-state index in [9.17, 15) is 0 Å². The Labute approximate surface area is 246 Å². The highest BCUT2D eigenvalue weighted by Gasteiger charge is 2.30. The van der Waals surface area contributed by atoms with E-state index >= 15 is 0 Å². The maximum absolute atomic E-state index is 6.20. The van der Waals surface area contributed by atoms with E-state index in [1.165, 1.54) is 33.2 Å². The van der Waals surface area contributed by atoms with E-state index in [0.29, 0.717) is 0 Å². The Morgan fingerprint density at radius 1 is 0.905 bits per heavy atom. The molecule has 5 aliphatic rings. The average Bonchev–Trinajstić information content (AvgIpc) is 3.73. The van der Waals surface area contributed by atoms with E-state index in [2.05, 4.69) is 107 Å². The molecule has 208 valence electrons. The van der Waals surface area contributed by atoms with E-state index in [4.69, 9.17) is 14.4 Å². The number of nitrogens with zero attached hydrogens (tertiary/aromatic N) is 2. The van der Waals surface area contributed by atoms with Crippen molar-refractivity contribution in [2.24, 2.45) is 21.8 Å². The number of fused-ring (bicyclic) bond motifs is 3. The van der Waals surface area contributed by atoms with E-state index in [0.717, 1.165) is 67.2 Å². The first kappa shape index (κ1) is 25.1. The summed E-state index contributed by atoms with van der Waals surface area (Å²) in [5.41, 5.74) is 8.33. The fourth-order valence-corrected chi connectivity index (χ4v) is 6.71. The van der Waals surface area contributed by atoms with Crippen LogP contribution in [-0.2, 0) is 6.42 Å².